The lowest BCUT2D eigenvalue weighted by Gasteiger charge is -2.23. The second kappa shape index (κ2) is 2.67. The Morgan fingerprint density at radius 1 is 1.67 bits per heavy atom. The lowest BCUT2D eigenvalue weighted by molar-refractivity contribution is -0.118. The molecule has 0 saturated carbocycles. The van der Waals surface area contributed by atoms with Gasteiger partial charge in [-0.1, -0.05) is 12.2 Å². The third-order valence-electron chi connectivity index (χ3n) is 1.55. The third kappa shape index (κ3) is 1.56. The minimum atomic E-state index is 0.767. The normalized spacial score (nSPS) is 20.0. The molecule has 1 rings (SSSR count). The molecule has 0 spiro atoms. The first-order valence-corrected chi connectivity index (χ1v) is 3.19. The molecule has 9 heavy (non-hydrogen) atoms. The Balaban J connectivity index is 2.40. The minimum Gasteiger partial charge on any atom is -0.341 e. The van der Waals surface area contributed by atoms with Crippen LogP contribution in [0.2, 0.25) is 0 Å². The Kier molecular flexibility index (Phi) is 1.88. The van der Waals surface area contributed by atoms with Crippen LogP contribution in [-0.2, 0) is 4.79 Å². The first-order valence-electron chi connectivity index (χ1n) is 3.19. The summed E-state index contributed by atoms with van der Waals surface area (Å²) < 4.78 is 0. The predicted octanol–water partition coefficient (Wildman–Crippen LogP) is 0.795. The monoisotopic (exact) mass is 125 g/mol. The van der Waals surface area contributed by atoms with E-state index in [9.17, 15) is 4.79 Å². The van der Waals surface area contributed by atoms with Gasteiger partial charge in [-0.25, -0.2) is 0 Å². The van der Waals surface area contributed by atoms with Crippen molar-refractivity contribution < 1.29 is 4.79 Å². The summed E-state index contributed by atoms with van der Waals surface area (Å²) in [5.74, 6) is 0. The van der Waals surface area contributed by atoms with Crippen molar-refractivity contribution in [1.82, 2.24) is 4.90 Å². The average Bonchev–Trinajstić information content (AvgIpc) is 1.88. The van der Waals surface area contributed by atoms with Crippen LogP contribution < -0.4 is 0 Å². The van der Waals surface area contributed by atoms with Gasteiger partial charge in [0.1, 0.15) is 0 Å². The van der Waals surface area contributed by atoms with Crippen LogP contribution in [-0.4, -0.2) is 24.4 Å². The fourth-order valence-corrected chi connectivity index (χ4v) is 1.07. The van der Waals surface area contributed by atoms with Crippen molar-refractivity contribution in [2.45, 2.75) is 12.8 Å². The van der Waals surface area contributed by atoms with E-state index in [-0.39, 0.29) is 0 Å². The molecule has 0 bridgehead atoms. The zero-order valence-corrected chi connectivity index (χ0v) is 5.47. The number of carbonyl (C=O) groups excluding carboxylic acids is 1. The van der Waals surface area contributed by atoms with E-state index in [4.69, 9.17) is 0 Å². The quantitative estimate of drug-likeness (QED) is 0.375. The van der Waals surface area contributed by atoms with Crippen LogP contribution in [0.5, 0.6) is 0 Å². The molecule has 0 atom stereocenters. The Morgan fingerprint density at radius 2 is 2.44 bits per heavy atom. The van der Waals surface area contributed by atoms with E-state index in [1.54, 1.807) is 4.90 Å². The van der Waals surface area contributed by atoms with Crippen molar-refractivity contribution in [2.24, 2.45) is 0 Å². The molecule has 0 aliphatic carbocycles. The van der Waals surface area contributed by atoms with Crippen LogP contribution in [0.1, 0.15) is 12.8 Å². The fourth-order valence-electron chi connectivity index (χ4n) is 1.07. The molecule has 1 fully saturated rings. The van der Waals surface area contributed by atoms with Gasteiger partial charge < -0.3 is 4.90 Å². The van der Waals surface area contributed by atoms with Gasteiger partial charge in [-0.15, -0.1) is 0 Å². The smallest absolute Gasteiger partial charge is 0.209 e. The van der Waals surface area contributed by atoms with Crippen LogP contribution >= 0.6 is 0 Å². The van der Waals surface area contributed by atoms with Gasteiger partial charge in [0.25, 0.3) is 0 Å². The molecular weight excluding hydrogens is 114 g/mol. The van der Waals surface area contributed by atoms with E-state index < -0.39 is 0 Å². The SMILES string of the molecule is C=C1CCCN(C=O)C1. The zero-order chi connectivity index (χ0) is 6.69. The molecule has 0 aromatic carbocycles. The maximum Gasteiger partial charge on any atom is 0.209 e. The van der Waals surface area contributed by atoms with Crippen molar-refractivity contribution in [3.05, 3.63) is 12.2 Å². The summed E-state index contributed by atoms with van der Waals surface area (Å²) in [4.78, 5) is 11.9. The van der Waals surface area contributed by atoms with Gasteiger partial charge in [0.2, 0.25) is 6.41 Å². The van der Waals surface area contributed by atoms with Crippen LogP contribution in [0.4, 0.5) is 0 Å². The first kappa shape index (κ1) is 6.33. The standard InChI is InChI=1S/C7H11NO/c1-7-3-2-4-8(5-7)6-9/h6H,1-5H2. The number of carbonyl (C=O) groups is 1. The van der Waals surface area contributed by atoms with E-state index in [2.05, 4.69) is 6.58 Å². The lowest BCUT2D eigenvalue weighted by Crippen LogP contribution is -2.29. The highest BCUT2D eigenvalue weighted by Gasteiger charge is 2.08. The van der Waals surface area contributed by atoms with Gasteiger partial charge in [-0.2, -0.15) is 0 Å². The van der Waals surface area contributed by atoms with E-state index in [1.165, 1.54) is 5.57 Å². The average molecular weight is 125 g/mol. The van der Waals surface area contributed by atoms with Crippen molar-refractivity contribution in [2.75, 3.05) is 13.1 Å². The van der Waals surface area contributed by atoms with Gasteiger partial charge in [0, 0.05) is 13.1 Å². The number of piperidine rings is 1. The molecule has 0 unspecified atom stereocenters. The summed E-state index contributed by atoms with van der Waals surface area (Å²) in [6, 6.07) is 0. The molecule has 0 radical (unpaired) electrons. The Bertz CT molecular complexity index is 131. The van der Waals surface area contributed by atoms with Crippen molar-refractivity contribution >= 4 is 6.41 Å². The predicted molar refractivity (Wildman–Crippen MR) is 36.0 cm³/mol. The van der Waals surface area contributed by atoms with Gasteiger partial charge in [0.05, 0.1) is 0 Å². The summed E-state index contributed by atoms with van der Waals surface area (Å²) in [6.45, 7) is 5.48. The van der Waals surface area contributed by atoms with E-state index in [0.29, 0.717) is 0 Å². The van der Waals surface area contributed by atoms with E-state index in [1.807, 2.05) is 0 Å². The summed E-state index contributed by atoms with van der Waals surface area (Å²) in [5.41, 5.74) is 1.17. The van der Waals surface area contributed by atoms with Gasteiger partial charge in [0.15, 0.2) is 0 Å². The van der Waals surface area contributed by atoms with Crippen molar-refractivity contribution in [3.8, 4) is 0 Å². The second-order valence-electron chi connectivity index (χ2n) is 2.43. The maximum atomic E-state index is 10.2. The Hall–Kier alpha value is -0.790. The summed E-state index contributed by atoms with van der Waals surface area (Å²) >= 11 is 0. The topological polar surface area (TPSA) is 20.3 Å². The van der Waals surface area contributed by atoms with Gasteiger partial charge >= 0.3 is 0 Å². The fraction of sp³-hybridized carbons (Fsp3) is 0.571. The molecule has 1 amide bonds. The highest BCUT2D eigenvalue weighted by atomic mass is 16.1. The number of amides is 1. The molecule has 0 aromatic heterocycles. The largest absolute Gasteiger partial charge is 0.341 e. The lowest BCUT2D eigenvalue weighted by atomic mass is 10.1. The van der Waals surface area contributed by atoms with Crippen LogP contribution in [0, 0.1) is 0 Å². The molecule has 2 heteroatoms. The van der Waals surface area contributed by atoms with Gasteiger partial charge in [-0.05, 0) is 12.8 Å². The molecule has 2 nitrogen and oxygen atoms in total. The number of nitrogens with zero attached hydrogens (tertiary/aromatic N) is 1. The number of hydrogen-bond donors (Lipinski definition) is 0. The van der Waals surface area contributed by atoms with Gasteiger partial charge in [-0.3, -0.25) is 4.79 Å². The Labute approximate surface area is 55.2 Å². The molecule has 1 heterocycles. The molecule has 0 aromatic rings. The highest BCUT2D eigenvalue weighted by molar-refractivity contribution is 5.48. The molecule has 0 N–H and O–H groups in total. The van der Waals surface area contributed by atoms with Crippen molar-refractivity contribution in [3.63, 3.8) is 0 Å². The summed E-state index contributed by atoms with van der Waals surface area (Å²) in [7, 11) is 0. The number of hydrogen-bond acceptors (Lipinski definition) is 1. The zero-order valence-electron chi connectivity index (χ0n) is 5.47. The second-order valence-corrected chi connectivity index (χ2v) is 2.43. The minimum absolute atomic E-state index is 0.767. The third-order valence-corrected chi connectivity index (χ3v) is 1.55. The van der Waals surface area contributed by atoms with Crippen LogP contribution in [0.3, 0.4) is 0 Å². The molecule has 1 aliphatic rings. The van der Waals surface area contributed by atoms with E-state index in [0.717, 1.165) is 32.3 Å². The van der Waals surface area contributed by atoms with Crippen molar-refractivity contribution in [1.29, 1.82) is 0 Å². The maximum absolute atomic E-state index is 10.2. The Morgan fingerprint density at radius 3 is 2.89 bits per heavy atom. The van der Waals surface area contributed by atoms with E-state index >= 15 is 0 Å². The number of rotatable bonds is 1. The summed E-state index contributed by atoms with van der Waals surface area (Å²) in [6.07, 6.45) is 3.06. The highest BCUT2D eigenvalue weighted by Crippen LogP contribution is 2.10. The molecule has 1 aliphatic heterocycles. The summed E-state index contributed by atoms with van der Waals surface area (Å²) in [5, 5.41) is 0. The van der Waals surface area contributed by atoms with Crippen LogP contribution in [0.15, 0.2) is 12.2 Å². The molecular formula is C7H11NO. The first-order chi connectivity index (χ1) is 4.33. The van der Waals surface area contributed by atoms with Crippen LogP contribution in [0.25, 0.3) is 0 Å². The molecule has 50 valence electrons. The number of likely N-dealkylation sites (tertiary alicyclic amines) is 1. The molecule has 1 saturated heterocycles.